The summed E-state index contributed by atoms with van der Waals surface area (Å²) in [4.78, 5) is 0. The maximum atomic E-state index is 7.05. The Hall–Kier alpha value is -5.02. The second-order valence-electron chi connectivity index (χ2n) is 10.9. The van der Waals surface area contributed by atoms with Gasteiger partial charge in [-0.2, -0.15) is 0 Å². The van der Waals surface area contributed by atoms with Crippen LogP contribution < -0.4 is 0 Å². The Labute approximate surface area is 260 Å². The normalized spacial score (nSPS) is 11.6. The Morgan fingerprint density at radius 2 is 0.523 bits per heavy atom. The average Bonchev–Trinajstić information content (AvgIpc) is 3.12. The van der Waals surface area contributed by atoms with Crippen molar-refractivity contribution in [3.8, 4) is 0 Å². The molecule has 0 saturated heterocycles. The first-order chi connectivity index (χ1) is 21.7. The first kappa shape index (κ1) is 29.1. The van der Waals surface area contributed by atoms with E-state index in [0.717, 1.165) is 39.0 Å². The highest BCUT2D eigenvalue weighted by atomic mass is 16.5. The lowest BCUT2D eigenvalue weighted by Crippen LogP contribution is -2.35. The fourth-order valence-corrected chi connectivity index (χ4v) is 6.00. The zero-order chi connectivity index (χ0) is 30.1. The van der Waals surface area contributed by atoms with E-state index in [4.69, 9.17) is 9.47 Å². The number of ether oxygens (including phenoxy) is 2. The van der Waals surface area contributed by atoms with E-state index in [9.17, 15) is 0 Å². The first-order valence-electron chi connectivity index (χ1n) is 15.0. The fourth-order valence-electron chi connectivity index (χ4n) is 6.00. The van der Waals surface area contributed by atoms with Crippen molar-refractivity contribution in [3.05, 3.63) is 228 Å². The van der Waals surface area contributed by atoms with Gasteiger partial charge in [0, 0.05) is 0 Å². The van der Waals surface area contributed by atoms with Crippen LogP contribution in [0.5, 0.6) is 0 Å². The molecule has 0 aliphatic heterocycles. The van der Waals surface area contributed by atoms with Crippen molar-refractivity contribution in [1.82, 2.24) is 0 Å². The van der Waals surface area contributed by atoms with Crippen LogP contribution in [0, 0.1) is 0 Å². The molecule has 0 unspecified atom stereocenters. The molecule has 0 amide bonds. The van der Waals surface area contributed by atoms with Gasteiger partial charge in [0.15, 0.2) is 0 Å². The van der Waals surface area contributed by atoms with Crippen molar-refractivity contribution in [1.29, 1.82) is 0 Å². The van der Waals surface area contributed by atoms with Gasteiger partial charge in [-0.3, -0.25) is 0 Å². The molecule has 216 valence electrons. The molecular weight excluding hydrogens is 536 g/mol. The quantitative estimate of drug-likeness (QED) is 0.107. The summed E-state index contributed by atoms with van der Waals surface area (Å²) in [6.07, 6.45) is 0. The molecule has 0 aliphatic carbocycles. The largest absolute Gasteiger partial charge is 0.356 e. The Kier molecular flexibility index (Phi) is 8.93. The van der Waals surface area contributed by atoms with Gasteiger partial charge in [-0.05, 0) is 39.0 Å². The molecule has 0 N–H and O–H groups in total. The molecule has 0 bridgehead atoms. The topological polar surface area (TPSA) is 18.5 Å². The van der Waals surface area contributed by atoms with Gasteiger partial charge in [-0.15, -0.1) is 0 Å². The molecule has 2 heteroatoms. The second kappa shape index (κ2) is 13.5. The summed E-state index contributed by atoms with van der Waals surface area (Å²) in [7, 11) is 0. The minimum absolute atomic E-state index is 0.299. The smallest absolute Gasteiger partial charge is 0.144 e. The molecule has 2 nitrogen and oxygen atoms in total. The third-order valence-electron chi connectivity index (χ3n) is 8.07. The second-order valence-corrected chi connectivity index (χ2v) is 10.9. The zero-order valence-electron chi connectivity index (χ0n) is 24.8. The van der Waals surface area contributed by atoms with Crippen LogP contribution in [0.1, 0.15) is 33.4 Å². The van der Waals surface area contributed by atoms with E-state index in [-0.39, 0.29) is 0 Å². The maximum absolute atomic E-state index is 7.05. The van der Waals surface area contributed by atoms with Crippen molar-refractivity contribution in [2.75, 3.05) is 13.2 Å². The Morgan fingerprint density at radius 3 is 0.705 bits per heavy atom. The summed E-state index contributed by atoms with van der Waals surface area (Å²) in [6.45, 7) is 5.07. The summed E-state index contributed by atoms with van der Waals surface area (Å²) in [6, 6.07) is 62.5. The van der Waals surface area contributed by atoms with Crippen LogP contribution in [0.25, 0.3) is 0 Å². The van der Waals surface area contributed by atoms with Crippen LogP contribution in [0.2, 0.25) is 0 Å². The van der Waals surface area contributed by atoms with Crippen molar-refractivity contribution >= 4 is 0 Å². The van der Waals surface area contributed by atoms with E-state index in [2.05, 4.69) is 152 Å². The van der Waals surface area contributed by atoms with E-state index in [1.54, 1.807) is 0 Å². The van der Waals surface area contributed by atoms with Crippen LogP contribution in [0.3, 0.4) is 0 Å². The molecule has 6 aromatic carbocycles. The molecule has 6 aromatic rings. The summed E-state index contributed by atoms with van der Waals surface area (Å²) in [5.74, 6) is 0. The summed E-state index contributed by atoms with van der Waals surface area (Å²) in [5, 5.41) is 0. The maximum Gasteiger partial charge on any atom is 0.144 e. The van der Waals surface area contributed by atoms with E-state index >= 15 is 0 Å². The SMILES string of the molecule is C=C(COC(c1ccccc1)(c1ccccc1)c1ccccc1)COC(c1ccccc1)(c1ccccc1)c1ccccc1. The lowest BCUT2D eigenvalue weighted by atomic mass is 9.80. The van der Waals surface area contributed by atoms with E-state index in [1.807, 2.05) is 36.4 Å². The van der Waals surface area contributed by atoms with Gasteiger partial charge >= 0.3 is 0 Å². The highest BCUT2D eigenvalue weighted by Crippen LogP contribution is 2.42. The van der Waals surface area contributed by atoms with Crippen LogP contribution in [0.4, 0.5) is 0 Å². The fraction of sp³-hybridized carbons (Fsp3) is 0.0952. The molecule has 0 aromatic heterocycles. The van der Waals surface area contributed by atoms with Gasteiger partial charge in [0.2, 0.25) is 0 Å². The van der Waals surface area contributed by atoms with Crippen LogP contribution >= 0.6 is 0 Å². The Balaban J connectivity index is 1.36. The van der Waals surface area contributed by atoms with Gasteiger partial charge in [-0.25, -0.2) is 0 Å². The van der Waals surface area contributed by atoms with Crippen molar-refractivity contribution < 1.29 is 9.47 Å². The van der Waals surface area contributed by atoms with Gasteiger partial charge in [0.25, 0.3) is 0 Å². The summed E-state index contributed by atoms with van der Waals surface area (Å²) >= 11 is 0. The molecule has 44 heavy (non-hydrogen) atoms. The number of hydrogen-bond acceptors (Lipinski definition) is 2. The third-order valence-corrected chi connectivity index (χ3v) is 8.07. The lowest BCUT2D eigenvalue weighted by Gasteiger charge is -2.38. The number of rotatable bonds is 12. The monoisotopic (exact) mass is 572 g/mol. The molecule has 0 aliphatic rings. The van der Waals surface area contributed by atoms with E-state index in [0.29, 0.717) is 13.2 Å². The first-order valence-corrected chi connectivity index (χ1v) is 15.0. The highest BCUT2D eigenvalue weighted by Gasteiger charge is 2.39. The molecule has 0 fully saturated rings. The standard InChI is InChI=1S/C42H36O2/c1-34(32-43-41(35-20-8-2-9-21-35,36-22-10-3-11-23-36)37-24-12-4-13-25-37)33-44-42(38-26-14-5-15-27-38,39-28-16-6-17-29-39)40-30-18-7-19-31-40/h2-31H,1,32-33H2. The zero-order valence-corrected chi connectivity index (χ0v) is 24.8. The predicted molar refractivity (Wildman–Crippen MR) is 179 cm³/mol. The summed E-state index contributed by atoms with van der Waals surface area (Å²) < 4.78 is 14.1. The van der Waals surface area contributed by atoms with E-state index < -0.39 is 11.2 Å². The molecule has 0 heterocycles. The molecular formula is C42H36O2. The van der Waals surface area contributed by atoms with Gasteiger partial charge < -0.3 is 9.47 Å². The minimum atomic E-state index is -0.831. The van der Waals surface area contributed by atoms with Crippen LogP contribution in [-0.2, 0) is 20.7 Å². The van der Waals surface area contributed by atoms with Crippen LogP contribution in [0.15, 0.2) is 194 Å². The van der Waals surface area contributed by atoms with Gasteiger partial charge in [0.1, 0.15) is 11.2 Å². The lowest BCUT2D eigenvalue weighted by molar-refractivity contribution is -0.0000875. The molecule has 0 saturated carbocycles. The van der Waals surface area contributed by atoms with Crippen molar-refractivity contribution in [2.45, 2.75) is 11.2 Å². The van der Waals surface area contributed by atoms with Gasteiger partial charge in [0.05, 0.1) is 13.2 Å². The van der Waals surface area contributed by atoms with Crippen LogP contribution in [-0.4, -0.2) is 13.2 Å². The number of hydrogen-bond donors (Lipinski definition) is 0. The Bertz CT molecular complexity index is 1410. The predicted octanol–water partition coefficient (Wildman–Crippen LogP) is 9.56. The Morgan fingerprint density at radius 1 is 0.341 bits per heavy atom. The molecule has 0 spiro atoms. The average molecular weight is 573 g/mol. The molecule has 6 rings (SSSR count). The minimum Gasteiger partial charge on any atom is -0.356 e. The highest BCUT2D eigenvalue weighted by molar-refractivity contribution is 5.49. The summed E-state index contributed by atoms with van der Waals surface area (Å²) in [5.41, 5.74) is 5.50. The van der Waals surface area contributed by atoms with Crippen molar-refractivity contribution in [2.24, 2.45) is 0 Å². The third kappa shape index (κ3) is 5.78. The van der Waals surface area contributed by atoms with E-state index in [1.165, 1.54) is 0 Å². The molecule has 0 radical (unpaired) electrons. The van der Waals surface area contributed by atoms with Gasteiger partial charge in [-0.1, -0.05) is 189 Å². The number of benzene rings is 6. The molecule has 0 atom stereocenters. The van der Waals surface area contributed by atoms with Crippen molar-refractivity contribution in [3.63, 3.8) is 0 Å².